The van der Waals surface area contributed by atoms with Gasteiger partial charge < -0.3 is 20.1 Å². The first kappa shape index (κ1) is 16.5. The SMILES string of the molecule is COCCNC(=O)/C(C#N)=C\NCc1ccc(OC)cc1. The van der Waals surface area contributed by atoms with Gasteiger partial charge >= 0.3 is 0 Å². The van der Waals surface area contributed by atoms with Gasteiger partial charge in [0.25, 0.3) is 5.91 Å². The summed E-state index contributed by atoms with van der Waals surface area (Å²) in [5.74, 6) is 0.362. The highest BCUT2D eigenvalue weighted by molar-refractivity contribution is 5.97. The highest BCUT2D eigenvalue weighted by Gasteiger charge is 2.07. The third kappa shape index (κ3) is 5.97. The van der Waals surface area contributed by atoms with Gasteiger partial charge in [-0.2, -0.15) is 5.26 Å². The summed E-state index contributed by atoms with van der Waals surface area (Å²) >= 11 is 0. The van der Waals surface area contributed by atoms with Crippen molar-refractivity contribution in [3.8, 4) is 11.8 Å². The second kappa shape index (κ2) is 9.39. The number of carbonyl (C=O) groups excluding carboxylic acids is 1. The Hall–Kier alpha value is -2.52. The van der Waals surface area contributed by atoms with E-state index in [1.54, 1.807) is 14.2 Å². The highest BCUT2D eigenvalue weighted by Crippen LogP contribution is 2.10. The monoisotopic (exact) mass is 289 g/mol. The van der Waals surface area contributed by atoms with Crippen molar-refractivity contribution in [2.24, 2.45) is 0 Å². The van der Waals surface area contributed by atoms with Crippen LogP contribution in [0.3, 0.4) is 0 Å². The molecular weight excluding hydrogens is 270 g/mol. The molecule has 2 N–H and O–H groups in total. The van der Waals surface area contributed by atoms with E-state index in [9.17, 15) is 4.79 Å². The van der Waals surface area contributed by atoms with Gasteiger partial charge in [-0.25, -0.2) is 0 Å². The van der Waals surface area contributed by atoms with Gasteiger partial charge in [0.2, 0.25) is 0 Å². The summed E-state index contributed by atoms with van der Waals surface area (Å²) in [4.78, 5) is 11.7. The van der Waals surface area contributed by atoms with Crippen molar-refractivity contribution in [2.75, 3.05) is 27.4 Å². The molecule has 6 nitrogen and oxygen atoms in total. The fraction of sp³-hybridized carbons (Fsp3) is 0.333. The van der Waals surface area contributed by atoms with Crippen LogP contribution in [0.2, 0.25) is 0 Å². The van der Waals surface area contributed by atoms with E-state index in [0.717, 1.165) is 11.3 Å². The van der Waals surface area contributed by atoms with Gasteiger partial charge in [-0.1, -0.05) is 12.1 Å². The first-order valence-electron chi connectivity index (χ1n) is 6.45. The lowest BCUT2D eigenvalue weighted by atomic mass is 10.2. The molecule has 0 saturated heterocycles. The summed E-state index contributed by atoms with van der Waals surface area (Å²) < 4.78 is 9.89. The van der Waals surface area contributed by atoms with Crippen LogP contribution in [0.25, 0.3) is 0 Å². The third-order valence-corrected chi connectivity index (χ3v) is 2.67. The van der Waals surface area contributed by atoms with Crippen molar-refractivity contribution in [3.63, 3.8) is 0 Å². The van der Waals surface area contributed by atoms with Crippen molar-refractivity contribution >= 4 is 5.91 Å². The smallest absolute Gasteiger partial charge is 0.263 e. The molecule has 0 heterocycles. The molecule has 1 aromatic rings. The number of nitrogens with zero attached hydrogens (tertiary/aromatic N) is 1. The normalized spacial score (nSPS) is 10.6. The van der Waals surface area contributed by atoms with E-state index in [-0.39, 0.29) is 5.57 Å². The predicted molar refractivity (Wildman–Crippen MR) is 78.4 cm³/mol. The van der Waals surface area contributed by atoms with Crippen molar-refractivity contribution in [3.05, 3.63) is 41.6 Å². The van der Waals surface area contributed by atoms with Crippen LogP contribution in [0.15, 0.2) is 36.0 Å². The average Bonchev–Trinajstić information content (AvgIpc) is 2.52. The third-order valence-electron chi connectivity index (χ3n) is 2.67. The molecule has 0 radical (unpaired) electrons. The number of benzene rings is 1. The molecule has 21 heavy (non-hydrogen) atoms. The first-order chi connectivity index (χ1) is 10.2. The van der Waals surface area contributed by atoms with Gasteiger partial charge in [0.1, 0.15) is 17.4 Å². The molecule has 0 aliphatic heterocycles. The number of nitriles is 1. The molecule has 0 aliphatic rings. The number of amides is 1. The quantitative estimate of drug-likeness (QED) is 0.423. The minimum atomic E-state index is -0.420. The van der Waals surface area contributed by atoms with Crippen LogP contribution in [0.1, 0.15) is 5.56 Å². The molecule has 0 atom stereocenters. The van der Waals surface area contributed by atoms with Gasteiger partial charge in [-0.3, -0.25) is 4.79 Å². The fourth-order valence-electron chi connectivity index (χ4n) is 1.52. The van der Waals surface area contributed by atoms with Crippen LogP contribution in [0, 0.1) is 11.3 Å². The average molecular weight is 289 g/mol. The lowest BCUT2D eigenvalue weighted by Crippen LogP contribution is -2.28. The number of ether oxygens (including phenoxy) is 2. The minimum absolute atomic E-state index is 0.0274. The van der Waals surface area contributed by atoms with Crippen molar-refractivity contribution in [1.29, 1.82) is 5.26 Å². The molecule has 0 aliphatic carbocycles. The van der Waals surface area contributed by atoms with Gasteiger partial charge in [0, 0.05) is 26.4 Å². The number of hydrogen-bond acceptors (Lipinski definition) is 5. The summed E-state index contributed by atoms with van der Waals surface area (Å²) in [5.41, 5.74) is 1.05. The van der Waals surface area contributed by atoms with Crippen molar-refractivity contribution < 1.29 is 14.3 Å². The molecule has 1 amide bonds. The summed E-state index contributed by atoms with van der Waals surface area (Å²) in [6, 6.07) is 9.37. The van der Waals surface area contributed by atoms with Crippen LogP contribution < -0.4 is 15.4 Å². The molecule has 112 valence electrons. The fourth-order valence-corrected chi connectivity index (χ4v) is 1.52. The maximum atomic E-state index is 11.7. The van der Waals surface area contributed by atoms with Gasteiger partial charge in [0.05, 0.1) is 13.7 Å². The number of methoxy groups -OCH3 is 2. The second-order valence-corrected chi connectivity index (χ2v) is 4.15. The molecule has 0 aromatic heterocycles. The number of hydrogen-bond donors (Lipinski definition) is 2. The van der Waals surface area contributed by atoms with E-state index in [0.29, 0.717) is 19.7 Å². The highest BCUT2D eigenvalue weighted by atomic mass is 16.5. The van der Waals surface area contributed by atoms with E-state index >= 15 is 0 Å². The Labute approximate surface area is 124 Å². The van der Waals surface area contributed by atoms with E-state index in [1.165, 1.54) is 6.20 Å². The summed E-state index contributed by atoms with van der Waals surface area (Å²) in [7, 11) is 3.15. The summed E-state index contributed by atoms with van der Waals surface area (Å²) in [5, 5.41) is 14.5. The lowest BCUT2D eigenvalue weighted by molar-refractivity contribution is -0.117. The molecule has 0 saturated carbocycles. The Kier molecular flexibility index (Phi) is 7.40. The zero-order valence-electron chi connectivity index (χ0n) is 12.2. The van der Waals surface area contributed by atoms with E-state index < -0.39 is 5.91 Å². The largest absolute Gasteiger partial charge is 0.497 e. The summed E-state index contributed by atoms with van der Waals surface area (Å²) in [6.45, 7) is 1.29. The number of rotatable bonds is 8. The van der Waals surface area contributed by atoms with E-state index in [2.05, 4.69) is 10.6 Å². The van der Waals surface area contributed by atoms with Gasteiger partial charge in [0.15, 0.2) is 0 Å². The standard InChI is InChI=1S/C15H19N3O3/c1-20-8-7-18-15(19)13(9-16)11-17-10-12-3-5-14(21-2)6-4-12/h3-6,11,17H,7-8,10H2,1-2H3,(H,18,19)/b13-11-. The van der Waals surface area contributed by atoms with E-state index in [4.69, 9.17) is 14.7 Å². The van der Waals surface area contributed by atoms with Gasteiger partial charge in [-0.15, -0.1) is 0 Å². The number of nitrogens with one attached hydrogen (secondary N) is 2. The molecule has 1 aromatic carbocycles. The molecular formula is C15H19N3O3. The topological polar surface area (TPSA) is 83.4 Å². The van der Waals surface area contributed by atoms with Crippen LogP contribution >= 0.6 is 0 Å². The van der Waals surface area contributed by atoms with Crippen molar-refractivity contribution in [2.45, 2.75) is 6.54 Å². The maximum absolute atomic E-state index is 11.7. The van der Waals surface area contributed by atoms with E-state index in [1.807, 2.05) is 30.3 Å². The Morgan fingerprint density at radius 1 is 1.33 bits per heavy atom. The molecule has 0 fully saturated rings. The first-order valence-corrected chi connectivity index (χ1v) is 6.45. The van der Waals surface area contributed by atoms with Crippen LogP contribution in [0.5, 0.6) is 5.75 Å². The Bertz CT molecular complexity index is 518. The zero-order chi connectivity index (χ0) is 15.5. The Morgan fingerprint density at radius 2 is 2.05 bits per heavy atom. The molecule has 0 unspecified atom stereocenters. The summed E-state index contributed by atoms with van der Waals surface area (Å²) in [6.07, 6.45) is 1.41. The maximum Gasteiger partial charge on any atom is 0.263 e. The Morgan fingerprint density at radius 3 is 2.62 bits per heavy atom. The molecule has 0 bridgehead atoms. The lowest BCUT2D eigenvalue weighted by Gasteiger charge is -2.05. The van der Waals surface area contributed by atoms with Crippen LogP contribution in [0.4, 0.5) is 0 Å². The van der Waals surface area contributed by atoms with Crippen LogP contribution in [-0.2, 0) is 16.1 Å². The minimum Gasteiger partial charge on any atom is -0.497 e. The number of carbonyl (C=O) groups is 1. The molecule has 6 heteroatoms. The zero-order valence-corrected chi connectivity index (χ0v) is 12.2. The molecule has 0 spiro atoms. The molecule has 1 rings (SSSR count). The Balaban J connectivity index is 2.48. The predicted octanol–water partition coefficient (Wildman–Crippen LogP) is 0.955. The second-order valence-electron chi connectivity index (χ2n) is 4.15. The van der Waals surface area contributed by atoms with Crippen molar-refractivity contribution in [1.82, 2.24) is 10.6 Å². The van der Waals surface area contributed by atoms with Gasteiger partial charge in [-0.05, 0) is 17.7 Å². The van der Waals surface area contributed by atoms with Crippen LogP contribution in [-0.4, -0.2) is 33.3 Å².